The van der Waals surface area contributed by atoms with Crippen molar-refractivity contribution in [2.45, 2.75) is 18.2 Å². The summed E-state index contributed by atoms with van der Waals surface area (Å²) >= 11 is 0. The van der Waals surface area contributed by atoms with Gasteiger partial charge in [0, 0.05) is 18.3 Å². The number of amides is 1. The molecule has 0 fully saturated rings. The lowest BCUT2D eigenvalue weighted by Crippen LogP contribution is -2.26. The number of carbonyl (C=O) groups is 1. The molecule has 0 atom stereocenters. The van der Waals surface area contributed by atoms with Crippen LogP contribution in [-0.4, -0.2) is 21.4 Å². The summed E-state index contributed by atoms with van der Waals surface area (Å²) in [4.78, 5) is 14.3. The largest absolute Gasteiger partial charge is 0.311 e. The maximum Gasteiger partial charge on any atom is 0.261 e. The first-order valence-corrected chi connectivity index (χ1v) is 10.4. The van der Waals surface area contributed by atoms with Crippen LogP contribution in [0.1, 0.15) is 22.8 Å². The molecule has 0 spiro atoms. The molecule has 0 unspecified atom stereocenters. The molecule has 0 heterocycles. The van der Waals surface area contributed by atoms with E-state index in [1.807, 2.05) is 49.4 Å². The monoisotopic (exact) mass is 394 g/mol. The molecule has 3 aromatic carbocycles. The number of hydrogen-bond acceptors (Lipinski definition) is 3. The van der Waals surface area contributed by atoms with Gasteiger partial charge in [-0.2, -0.15) is 0 Å². The van der Waals surface area contributed by atoms with E-state index in [1.54, 1.807) is 19.2 Å². The number of hydrogen-bond donors (Lipinski definition) is 1. The Morgan fingerprint density at radius 2 is 1.50 bits per heavy atom. The van der Waals surface area contributed by atoms with Crippen LogP contribution < -0.4 is 9.62 Å². The molecular weight excluding hydrogens is 372 g/mol. The Morgan fingerprint density at radius 1 is 0.893 bits per heavy atom. The molecule has 0 bridgehead atoms. The summed E-state index contributed by atoms with van der Waals surface area (Å²) in [5.74, 6) is -0.209. The molecule has 3 aromatic rings. The van der Waals surface area contributed by atoms with Crippen molar-refractivity contribution < 1.29 is 13.2 Å². The van der Waals surface area contributed by atoms with Gasteiger partial charge in [0.2, 0.25) is 0 Å². The lowest BCUT2D eigenvalue weighted by molar-refractivity contribution is 0.0993. The predicted molar refractivity (Wildman–Crippen MR) is 112 cm³/mol. The first-order chi connectivity index (χ1) is 13.4. The number of carbonyl (C=O) groups excluding carboxylic acids is 1. The van der Waals surface area contributed by atoms with Gasteiger partial charge in [-0.05, 0) is 54.4 Å². The summed E-state index contributed by atoms with van der Waals surface area (Å²) < 4.78 is 28.0. The van der Waals surface area contributed by atoms with Crippen molar-refractivity contribution >= 4 is 27.3 Å². The van der Waals surface area contributed by atoms with Crippen LogP contribution in [0.5, 0.6) is 0 Å². The van der Waals surface area contributed by atoms with E-state index >= 15 is 0 Å². The molecule has 6 heteroatoms. The zero-order valence-corrected chi connectivity index (χ0v) is 16.6. The third-order valence-electron chi connectivity index (χ3n) is 4.50. The van der Waals surface area contributed by atoms with Crippen LogP contribution >= 0.6 is 0 Å². The van der Waals surface area contributed by atoms with E-state index in [0.29, 0.717) is 11.3 Å². The van der Waals surface area contributed by atoms with Gasteiger partial charge in [-0.25, -0.2) is 8.42 Å². The zero-order valence-electron chi connectivity index (χ0n) is 15.8. The van der Waals surface area contributed by atoms with E-state index < -0.39 is 10.0 Å². The SMILES string of the molecule is CCc1ccccc1NS(=O)(=O)c1ccc(C(=O)N(C)c2ccccc2)cc1. The number of rotatable bonds is 6. The lowest BCUT2D eigenvalue weighted by atomic mass is 10.1. The summed E-state index contributed by atoms with van der Waals surface area (Å²) in [6, 6.07) is 22.5. The molecule has 0 aliphatic rings. The first-order valence-electron chi connectivity index (χ1n) is 8.96. The predicted octanol–water partition coefficient (Wildman–Crippen LogP) is 4.33. The van der Waals surface area contributed by atoms with Gasteiger partial charge in [0.05, 0.1) is 10.6 Å². The van der Waals surface area contributed by atoms with Crippen molar-refractivity contribution in [1.29, 1.82) is 0 Å². The minimum absolute atomic E-state index is 0.109. The average molecular weight is 394 g/mol. The van der Waals surface area contributed by atoms with E-state index in [1.165, 1.54) is 29.2 Å². The molecule has 1 N–H and O–H groups in total. The van der Waals surface area contributed by atoms with Crippen molar-refractivity contribution in [3.8, 4) is 0 Å². The molecule has 0 aliphatic carbocycles. The van der Waals surface area contributed by atoms with Crippen LogP contribution in [0.15, 0.2) is 83.8 Å². The van der Waals surface area contributed by atoms with Crippen molar-refractivity contribution in [3.05, 3.63) is 90.0 Å². The van der Waals surface area contributed by atoms with Crippen LogP contribution in [0.3, 0.4) is 0 Å². The number of sulfonamides is 1. The highest BCUT2D eigenvalue weighted by Crippen LogP contribution is 2.21. The smallest absolute Gasteiger partial charge is 0.261 e. The van der Waals surface area contributed by atoms with Crippen LogP contribution in [0.2, 0.25) is 0 Å². The number of aryl methyl sites for hydroxylation is 1. The Hall–Kier alpha value is -3.12. The summed E-state index contributed by atoms with van der Waals surface area (Å²) in [5, 5.41) is 0. The van der Waals surface area contributed by atoms with E-state index in [2.05, 4.69) is 4.72 Å². The Labute approximate surface area is 165 Å². The molecule has 0 saturated heterocycles. The normalized spacial score (nSPS) is 11.1. The summed E-state index contributed by atoms with van der Waals surface area (Å²) in [6.45, 7) is 1.97. The topological polar surface area (TPSA) is 66.5 Å². The van der Waals surface area contributed by atoms with E-state index in [4.69, 9.17) is 0 Å². The second kappa shape index (κ2) is 8.27. The fraction of sp³-hybridized carbons (Fsp3) is 0.136. The number of nitrogens with zero attached hydrogens (tertiary/aromatic N) is 1. The van der Waals surface area contributed by atoms with Gasteiger partial charge in [-0.1, -0.05) is 43.3 Å². The van der Waals surface area contributed by atoms with Crippen LogP contribution in [-0.2, 0) is 16.4 Å². The van der Waals surface area contributed by atoms with E-state index in [-0.39, 0.29) is 10.8 Å². The Bertz CT molecular complexity index is 1060. The van der Waals surface area contributed by atoms with Crippen molar-refractivity contribution in [3.63, 3.8) is 0 Å². The van der Waals surface area contributed by atoms with Gasteiger partial charge in [0.15, 0.2) is 0 Å². The fourth-order valence-corrected chi connectivity index (χ4v) is 3.97. The standard InChI is InChI=1S/C22H22N2O3S/c1-3-17-9-7-8-12-21(17)23-28(26,27)20-15-13-18(14-16-20)22(25)24(2)19-10-5-4-6-11-19/h4-16,23H,3H2,1-2H3. The van der Waals surface area contributed by atoms with Crippen LogP contribution in [0.4, 0.5) is 11.4 Å². The van der Waals surface area contributed by atoms with Crippen molar-refractivity contribution in [2.24, 2.45) is 0 Å². The molecule has 0 aromatic heterocycles. The first kappa shape index (κ1) is 19.6. The number of benzene rings is 3. The minimum atomic E-state index is -3.74. The van der Waals surface area contributed by atoms with Gasteiger partial charge < -0.3 is 4.90 Å². The number of anilines is 2. The molecule has 0 saturated carbocycles. The summed E-state index contributed by atoms with van der Waals surface area (Å²) in [5.41, 5.74) is 2.66. The van der Waals surface area contributed by atoms with Crippen molar-refractivity contribution in [2.75, 3.05) is 16.7 Å². The molecule has 1 amide bonds. The van der Waals surface area contributed by atoms with E-state index in [9.17, 15) is 13.2 Å². The third-order valence-corrected chi connectivity index (χ3v) is 5.88. The Morgan fingerprint density at radius 3 is 2.14 bits per heavy atom. The summed E-state index contributed by atoms with van der Waals surface area (Å²) in [6.07, 6.45) is 0.720. The third kappa shape index (κ3) is 4.23. The van der Waals surface area contributed by atoms with Crippen molar-refractivity contribution in [1.82, 2.24) is 0 Å². The maximum absolute atomic E-state index is 12.7. The summed E-state index contributed by atoms with van der Waals surface area (Å²) in [7, 11) is -2.05. The van der Waals surface area contributed by atoms with Crippen LogP contribution in [0.25, 0.3) is 0 Å². The molecule has 144 valence electrons. The highest BCUT2D eigenvalue weighted by Gasteiger charge is 2.18. The Balaban J connectivity index is 1.80. The Kier molecular flexibility index (Phi) is 5.80. The highest BCUT2D eigenvalue weighted by atomic mass is 32.2. The quantitative estimate of drug-likeness (QED) is 0.677. The zero-order chi connectivity index (χ0) is 20.1. The molecule has 5 nitrogen and oxygen atoms in total. The molecule has 0 radical (unpaired) electrons. The van der Waals surface area contributed by atoms with Gasteiger partial charge in [-0.15, -0.1) is 0 Å². The lowest BCUT2D eigenvalue weighted by Gasteiger charge is -2.17. The van der Waals surface area contributed by atoms with Crippen LogP contribution in [0, 0.1) is 0 Å². The molecular formula is C22H22N2O3S. The van der Waals surface area contributed by atoms with E-state index in [0.717, 1.165) is 17.7 Å². The van der Waals surface area contributed by atoms with Gasteiger partial charge in [0.1, 0.15) is 0 Å². The second-order valence-electron chi connectivity index (χ2n) is 6.34. The highest BCUT2D eigenvalue weighted by molar-refractivity contribution is 7.92. The maximum atomic E-state index is 12.7. The van der Waals surface area contributed by atoms with Gasteiger partial charge in [0.25, 0.3) is 15.9 Å². The fourth-order valence-electron chi connectivity index (χ4n) is 2.87. The number of para-hydroxylation sites is 2. The molecule has 3 rings (SSSR count). The second-order valence-corrected chi connectivity index (χ2v) is 8.02. The minimum Gasteiger partial charge on any atom is -0.311 e. The average Bonchev–Trinajstić information content (AvgIpc) is 2.73. The molecule has 0 aliphatic heterocycles. The number of nitrogens with one attached hydrogen (secondary N) is 1. The molecule has 28 heavy (non-hydrogen) atoms. The van der Waals surface area contributed by atoms with Gasteiger partial charge in [-0.3, -0.25) is 9.52 Å². The van der Waals surface area contributed by atoms with Gasteiger partial charge >= 0.3 is 0 Å².